The normalized spacial score (nSPS) is 19.2. The summed E-state index contributed by atoms with van der Waals surface area (Å²) in [6, 6.07) is 0. The largest absolute Gasteiger partial charge is 0.465 e. The molecular weight excluding hydrogens is 166 g/mol. The fourth-order valence-corrected chi connectivity index (χ4v) is 1.20. The van der Waals surface area contributed by atoms with Gasteiger partial charge in [0.2, 0.25) is 0 Å². The van der Waals surface area contributed by atoms with Crippen LogP contribution >= 0.6 is 12.4 Å². The van der Waals surface area contributed by atoms with E-state index in [4.69, 9.17) is 5.11 Å². The lowest BCUT2D eigenvalue weighted by Gasteiger charge is -2.27. The molecule has 0 spiro atoms. The molecule has 0 unspecified atom stereocenters. The van der Waals surface area contributed by atoms with Crippen LogP contribution in [0.2, 0.25) is 0 Å². The standard InChI is InChI=1S/C7H13NO2.ClH/c1-6-2-4-8(5-3-6)7(9)10;/h6H,2-5H2,1H3,(H,9,10);1H. The lowest BCUT2D eigenvalue weighted by atomic mass is 10.00. The third kappa shape index (κ3) is 2.97. The van der Waals surface area contributed by atoms with E-state index in [0.717, 1.165) is 25.9 Å². The fourth-order valence-electron chi connectivity index (χ4n) is 1.20. The van der Waals surface area contributed by atoms with Crippen molar-refractivity contribution in [3.05, 3.63) is 0 Å². The van der Waals surface area contributed by atoms with Crippen LogP contribution in [0.3, 0.4) is 0 Å². The van der Waals surface area contributed by atoms with Crippen molar-refractivity contribution in [2.45, 2.75) is 19.8 Å². The van der Waals surface area contributed by atoms with Gasteiger partial charge in [0.25, 0.3) is 0 Å². The zero-order chi connectivity index (χ0) is 7.56. The van der Waals surface area contributed by atoms with Crippen molar-refractivity contribution < 1.29 is 9.90 Å². The first kappa shape index (κ1) is 10.6. The van der Waals surface area contributed by atoms with Gasteiger partial charge in [0.05, 0.1) is 0 Å². The zero-order valence-electron chi connectivity index (χ0n) is 6.62. The highest BCUT2D eigenvalue weighted by Gasteiger charge is 2.18. The Kier molecular flexibility index (Phi) is 4.26. The van der Waals surface area contributed by atoms with Gasteiger partial charge in [-0.05, 0) is 18.8 Å². The highest BCUT2D eigenvalue weighted by atomic mass is 35.5. The molecule has 0 aromatic heterocycles. The molecule has 4 heteroatoms. The second-order valence-electron chi connectivity index (χ2n) is 2.95. The summed E-state index contributed by atoms with van der Waals surface area (Å²) in [7, 11) is 0. The minimum atomic E-state index is -0.771. The monoisotopic (exact) mass is 179 g/mol. The van der Waals surface area contributed by atoms with Crippen molar-refractivity contribution in [2.75, 3.05) is 13.1 Å². The number of rotatable bonds is 0. The first-order valence-electron chi connectivity index (χ1n) is 3.68. The predicted octanol–water partition coefficient (Wildman–Crippen LogP) is 1.82. The van der Waals surface area contributed by atoms with E-state index >= 15 is 0 Å². The average Bonchev–Trinajstić information content (AvgIpc) is 1.88. The SMILES string of the molecule is CC1CCN(C(=O)O)CC1.Cl. The summed E-state index contributed by atoms with van der Waals surface area (Å²) in [6.45, 7) is 3.60. The van der Waals surface area contributed by atoms with E-state index in [1.54, 1.807) is 0 Å². The third-order valence-electron chi connectivity index (χ3n) is 2.05. The van der Waals surface area contributed by atoms with Crippen molar-refractivity contribution in [1.29, 1.82) is 0 Å². The second kappa shape index (κ2) is 4.44. The highest BCUT2D eigenvalue weighted by molar-refractivity contribution is 5.85. The summed E-state index contributed by atoms with van der Waals surface area (Å²) >= 11 is 0. The summed E-state index contributed by atoms with van der Waals surface area (Å²) in [5.74, 6) is 0.704. The Bertz CT molecular complexity index is 132. The molecule has 0 aliphatic carbocycles. The van der Waals surface area contributed by atoms with Crippen molar-refractivity contribution in [3.63, 3.8) is 0 Å². The lowest BCUT2D eigenvalue weighted by Crippen LogP contribution is -2.36. The number of halogens is 1. The van der Waals surface area contributed by atoms with Gasteiger partial charge in [-0.15, -0.1) is 12.4 Å². The number of carbonyl (C=O) groups is 1. The molecule has 1 rings (SSSR count). The van der Waals surface area contributed by atoms with Crippen LogP contribution in [0, 0.1) is 5.92 Å². The van der Waals surface area contributed by atoms with E-state index in [1.807, 2.05) is 0 Å². The molecule has 1 N–H and O–H groups in total. The molecule has 1 aliphatic heterocycles. The van der Waals surface area contributed by atoms with E-state index in [9.17, 15) is 4.79 Å². The zero-order valence-corrected chi connectivity index (χ0v) is 7.43. The molecule has 1 saturated heterocycles. The summed E-state index contributed by atoms with van der Waals surface area (Å²) in [5, 5.41) is 8.55. The summed E-state index contributed by atoms with van der Waals surface area (Å²) < 4.78 is 0. The lowest BCUT2D eigenvalue weighted by molar-refractivity contribution is 0.127. The molecule has 0 bridgehead atoms. The van der Waals surface area contributed by atoms with Gasteiger partial charge in [-0.2, -0.15) is 0 Å². The topological polar surface area (TPSA) is 40.5 Å². The van der Waals surface area contributed by atoms with E-state index in [-0.39, 0.29) is 12.4 Å². The van der Waals surface area contributed by atoms with Crippen LogP contribution < -0.4 is 0 Å². The van der Waals surface area contributed by atoms with Crippen molar-refractivity contribution in [2.24, 2.45) is 5.92 Å². The van der Waals surface area contributed by atoms with E-state index < -0.39 is 6.09 Å². The van der Waals surface area contributed by atoms with E-state index in [1.165, 1.54) is 4.90 Å². The maximum Gasteiger partial charge on any atom is 0.407 e. The number of likely N-dealkylation sites (tertiary alicyclic amines) is 1. The Morgan fingerprint density at radius 3 is 2.27 bits per heavy atom. The molecule has 3 nitrogen and oxygen atoms in total. The molecule has 1 heterocycles. The van der Waals surface area contributed by atoms with Gasteiger partial charge < -0.3 is 10.0 Å². The molecule has 0 atom stereocenters. The van der Waals surface area contributed by atoms with Gasteiger partial charge in [-0.25, -0.2) is 4.79 Å². The van der Waals surface area contributed by atoms with Crippen molar-refractivity contribution >= 4 is 18.5 Å². The van der Waals surface area contributed by atoms with Crippen molar-refractivity contribution in [1.82, 2.24) is 4.90 Å². The maximum absolute atomic E-state index is 10.4. The van der Waals surface area contributed by atoms with Crippen LogP contribution in [0.25, 0.3) is 0 Å². The van der Waals surface area contributed by atoms with Crippen LogP contribution in [-0.2, 0) is 0 Å². The molecule has 0 aromatic rings. The summed E-state index contributed by atoms with van der Waals surface area (Å²) in [5.41, 5.74) is 0. The quantitative estimate of drug-likeness (QED) is 0.616. The Morgan fingerprint density at radius 1 is 1.45 bits per heavy atom. The van der Waals surface area contributed by atoms with Crippen LogP contribution in [-0.4, -0.2) is 29.2 Å². The summed E-state index contributed by atoms with van der Waals surface area (Å²) in [4.78, 5) is 11.9. The van der Waals surface area contributed by atoms with Gasteiger partial charge in [0.15, 0.2) is 0 Å². The number of carboxylic acid groups (broad SMARTS) is 1. The predicted molar refractivity (Wildman–Crippen MR) is 45.2 cm³/mol. The Hall–Kier alpha value is -0.440. The molecule has 1 amide bonds. The number of hydrogen-bond donors (Lipinski definition) is 1. The van der Waals surface area contributed by atoms with Crippen LogP contribution in [0.15, 0.2) is 0 Å². The summed E-state index contributed by atoms with van der Waals surface area (Å²) in [6.07, 6.45) is 1.27. The van der Waals surface area contributed by atoms with Crippen molar-refractivity contribution in [3.8, 4) is 0 Å². The van der Waals surface area contributed by atoms with E-state index in [2.05, 4.69) is 6.92 Å². The molecule has 1 fully saturated rings. The number of amides is 1. The first-order chi connectivity index (χ1) is 4.70. The van der Waals surface area contributed by atoms with E-state index in [0.29, 0.717) is 5.92 Å². The molecule has 0 saturated carbocycles. The molecule has 0 aromatic carbocycles. The van der Waals surface area contributed by atoms with Crippen LogP contribution in [0.5, 0.6) is 0 Å². The minimum Gasteiger partial charge on any atom is -0.465 e. The van der Waals surface area contributed by atoms with Crippen LogP contribution in [0.4, 0.5) is 4.79 Å². The van der Waals surface area contributed by atoms with Gasteiger partial charge in [-0.1, -0.05) is 6.92 Å². The Labute approximate surface area is 72.8 Å². The number of hydrogen-bond acceptors (Lipinski definition) is 1. The minimum absolute atomic E-state index is 0. The molecule has 1 aliphatic rings. The Balaban J connectivity index is 0.000001000. The first-order valence-corrected chi connectivity index (χ1v) is 3.68. The van der Waals surface area contributed by atoms with Crippen LogP contribution in [0.1, 0.15) is 19.8 Å². The smallest absolute Gasteiger partial charge is 0.407 e. The van der Waals surface area contributed by atoms with Gasteiger partial charge in [0, 0.05) is 13.1 Å². The number of piperidine rings is 1. The molecule has 0 radical (unpaired) electrons. The molecule has 66 valence electrons. The Morgan fingerprint density at radius 2 is 1.91 bits per heavy atom. The highest BCUT2D eigenvalue weighted by Crippen LogP contribution is 2.15. The second-order valence-corrected chi connectivity index (χ2v) is 2.95. The van der Waals surface area contributed by atoms with Gasteiger partial charge in [-0.3, -0.25) is 0 Å². The van der Waals surface area contributed by atoms with Gasteiger partial charge >= 0.3 is 6.09 Å². The molecule has 11 heavy (non-hydrogen) atoms. The third-order valence-corrected chi connectivity index (χ3v) is 2.05. The fraction of sp³-hybridized carbons (Fsp3) is 0.857. The van der Waals surface area contributed by atoms with Gasteiger partial charge in [0.1, 0.15) is 0 Å². The average molecular weight is 180 g/mol. The molecular formula is C7H14ClNO2. The maximum atomic E-state index is 10.4. The number of nitrogens with zero attached hydrogens (tertiary/aromatic N) is 1.